The summed E-state index contributed by atoms with van der Waals surface area (Å²) in [6.45, 7) is 0.656. The highest BCUT2D eigenvalue weighted by Crippen LogP contribution is 2.15. The Labute approximate surface area is 168 Å². The molecule has 0 spiro atoms. The van der Waals surface area contributed by atoms with Crippen molar-refractivity contribution in [2.45, 2.75) is 6.42 Å². The third kappa shape index (κ3) is 5.49. The van der Waals surface area contributed by atoms with Gasteiger partial charge in [0.25, 0.3) is 5.56 Å². The molecule has 0 aliphatic carbocycles. The average molecular weight is 424 g/mol. The second-order valence-electron chi connectivity index (χ2n) is 5.29. The Hall–Kier alpha value is -3.01. The summed E-state index contributed by atoms with van der Waals surface area (Å²) in [5, 5.41) is 13.1. The largest absolute Gasteiger partial charge is 0.476 e. The first-order chi connectivity index (χ1) is 13.3. The quantitative estimate of drug-likeness (QED) is 0.576. The van der Waals surface area contributed by atoms with Gasteiger partial charge in [-0.15, -0.1) is 0 Å². The standard InChI is InChI=1S/C9H5ClN4O4.C8H10ClN/c10-4-1-2-5(12-7(4)8(16)17)14-9(18)13-6(15)3-11-14;9-8-4-2-1-3-7(8)5-6-10/h1-3H,(H,16,17)(H,13,15,18);1-4H,5-6,10H2. The van der Waals surface area contributed by atoms with Crippen LogP contribution >= 0.6 is 23.2 Å². The Morgan fingerprint density at radius 1 is 1.14 bits per heavy atom. The minimum atomic E-state index is -1.33. The minimum absolute atomic E-state index is 0.0574. The van der Waals surface area contributed by atoms with Crippen LogP contribution in [0.5, 0.6) is 0 Å². The second-order valence-corrected chi connectivity index (χ2v) is 6.10. The van der Waals surface area contributed by atoms with Gasteiger partial charge in [-0.05, 0) is 36.7 Å². The van der Waals surface area contributed by atoms with Crippen LogP contribution < -0.4 is 17.0 Å². The molecule has 11 heteroatoms. The highest BCUT2D eigenvalue weighted by molar-refractivity contribution is 6.33. The number of aromatic amines is 1. The van der Waals surface area contributed by atoms with E-state index in [1.807, 2.05) is 29.2 Å². The zero-order valence-corrected chi connectivity index (χ0v) is 15.8. The predicted molar refractivity (Wildman–Crippen MR) is 104 cm³/mol. The van der Waals surface area contributed by atoms with Crippen molar-refractivity contribution in [3.63, 3.8) is 0 Å². The van der Waals surface area contributed by atoms with Crippen LogP contribution in [-0.4, -0.2) is 37.4 Å². The zero-order valence-electron chi connectivity index (χ0n) is 14.3. The SMILES string of the molecule is NCCc1ccccc1Cl.O=C(O)c1nc(-n2ncc(=O)[nH]c2=O)ccc1Cl. The second kappa shape index (κ2) is 9.79. The van der Waals surface area contributed by atoms with Gasteiger partial charge in [-0.1, -0.05) is 41.4 Å². The van der Waals surface area contributed by atoms with Gasteiger partial charge in [0.1, 0.15) is 6.20 Å². The Balaban J connectivity index is 0.000000237. The van der Waals surface area contributed by atoms with E-state index in [-0.39, 0.29) is 10.8 Å². The van der Waals surface area contributed by atoms with Crippen molar-refractivity contribution in [1.82, 2.24) is 19.7 Å². The molecule has 0 saturated carbocycles. The maximum atomic E-state index is 11.4. The van der Waals surface area contributed by atoms with E-state index in [0.29, 0.717) is 6.54 Å². The summed E-state index contributed by atoms with van der Waals surface area (Å²) in [6.07, 6.45) is 1.73. The fraction of sp³-hybridized carbons (Fsp3) is 0.118. The molecule has 3 rings (SSSR count). The number of pyridine rings is 1. The summed E-state index contributed by atoms with van der Waals surface area (Å²) in [7, 11) is 0. The van der Waals surface area contributed by atoms with Crippen LogP contribution in [0.3, 0.4) is 0 Å². The maximum absolute atomic E-state index is 11.4. The van der Waals surface area contributed by atoms with Crippen LogP contribution in [0.1, 0.15) is 16.1 Å². The number of H-pyrrole nitrogens is 1. The zero-order chi connectivity index (χ0) is 20.7. The number of aromatic nitrogens is 4. The fourth-order valence-corrected chi connectivity index (χ4v) is 2.49. The summed E-state index contributed by atoms with van der Waals surface area (Å²) in [5.41, 5.74) is 4.61. The summed E-state index contributed by atoms with van der Waals surface area (Å²) in [5.74, 6) is -1.39. The molecular formula is C17H15Cl2N5O4. The Morgan fingerprint density at radius 3 is 2.46 bits per heavy atom. The van der Waals surface area contributed by atoms with Crippen LogP contribution in [0.25, 0.3) is 5.82 Å². The fourth-order valence-electron chi connectivity index (χ4n) is 2.07. The Morgan fingerprint density at radius 2 is 1.86 bits per heavy atom. The third-order valence-corrected chi connectivity index (χ3v) is 4.01. The van der Waals surface area contributed by atoms with Crippen molar-refractivity contribution in [3.05, 3.63) is 84.7 Å². The van der Waals surface area contributed by atoms with E-state index in [1.54, 1.807) is 0 Å². The third-order valence-electron chi connectivity index (χ3n) is 3.34. The van der Waals surface area contributed by atoms with Crippen molar-refractivity contribution in [1.29, 1.82) is 0 Å². The summed E-state index contributed by atoms with van der Waals surface area (Å²) < 4.78 is 0.754. The molecule has 1 aromatic carbocycles. The van der Waals surface area contributed by atoms with Gasteiger partial charge < -0.3 is 10.8 Å². The number of rotatable bonds is 4. The predicted octanol–water partition coefficient (Wildman–Crippen LogP) is 1.51. The van der Waals surface area contributed by atoms with Gasteiger partial charge >= 0.3 is 11.7 Å². The minimum Gasteiger partial charge on any atom is -0.476 e. The molecule has 0 radical (unpaired) electrons. The Kier molecular flexibility index (Phi) is 7.44. The molecule has 0 saturated heterocycles. The summed E-state index contributed by atoms with van der Waals surface area (Å²) >= 11 is 11.5. The molecule has 0 bridgehead atoms. The Bertz CT molecular complexity index is 1100. The van der Waals surface area contributed by atoms with Gasteiger partial charge in [0, 0.05) is 5.02 Å². The number of nitrogens with two attached hydrogens (primary N) is 1. The van der Waals surface area contributed by atoms with E-state index in [4.69, 9.17) is 34.0 Å². The smallest absolute Gasteiger partial charge is 0.356 e. The van der Waals surface area contributed by atoms with Gasteiger partial charge in [0.2, 0.25) is 0 Å². The van der Waals surface area contributed by atoms with Gasteiger partial charge in [0.05, 0.1) is 5.02 Å². The molecule has 146 valence electrons. The first-order valence-corrected chi connectivity index (χ1v) is 8.61. The van der Waals surface area contributed by atoms with Crippen molar-refractivity contribution >= 4 is 29.2 Å². The van der Waals surface area contributed by atoms with Crippen LogP contribution in [0.15, 0.2) is 52.2 Å². The number of nitrogens with zero attached hydrogens (tertiary/aromatic N) is 3. The van der Waals surface area contributed by atoms with E-state index in [2.05, 4.69) is 10.1 Å². The molecule has 0 unspecified atom stereocenters. The van der Waals surface area contributed by atoms with Crippen LogP contribution in [-0.2, 0) is 6.42 Å². The van der Waals surface area contributed by atoms with E-state index >= 15 is 0 Å². The van der Waals surface area contributed by atoms with Crippen LogP contribution in [0.2, 0.25) is 10.0 Å². The molecule has 2 aromatic heterocycles. The molecule has 0 aliphatic heterocycles. The lowest BCUT2D eigenvalue weighted by Gasteiger charge is -2.04. The van der Waals surface area contributed by atoms with Crippen molar-refractivity contribution in [2.24, 2.45) is 5.73 Å². The van der Waals surface area contributed by atoms with Crippen LogP contribution in [0, 0.1) is 0 Å². The lowest BCUT2D eigenvalue weighted by Crippen LogP contribution is -2.31. The first kappa shape index (κ1) is 21.3. The van der Waals surface area contributed by atoms with E-state index in [1.165, 1.54) is 12.1 Å². The average Bonchev–Trinajstić information content (AvgIpc) is 2.65. The number of carbonyl (C=O) groups is 1. The van der Waals surface area contributed by atoms with E-state index in [9.17, 15) is 14.4 Å². The van der Waals surface area contributed by atoms with E-state index < -0.39 is 22.9 Å². The molecule has 3 aromatic rings. The summed E-state index contributed by atoms with van der Waals surface area (Å²) in [4.78, 5) is 38.7. The molecule has 0 atom stereocenters. The number of hydrogen-bond donors (Lipinski definition) is 3. The molecule has 0 amide bonds. The van der Waals surface area contributed by atoms with Gasteiger partial charge in [-0.2, -0.15) is 9.78 Å². The number of benzene rings is 1. The normalized spacial score (nSPS) is 10.1. The number of carboxylic acid groups (broad SMARTS) is 1. The number of nitrogens with one attached hydrogen (secondary N) is 1. The molecule has 9 nitrogen and oxygen atoms in total. The lowest BCUT2D eigenvalue weighted by molar-refractivity contribution is 0.0690. The van der Waals surface area contributed by atoms with Crippen molar-refractivity contribution < 1.29 is 9.90 Å². The lowest BCUT2D eigenvalue weighted by atomic mass is 10.1. The van der Waals surface area contributed by atoms with Gasteiger partial charge in [-0.3, -0.25) is 9.78 Å². The van der Waals surface area contributed by atoms with Crippen molar-refractivity contribution in [2.75, 3.05) is 6.54 Å². The monoisotopic (exact) mass is 423 g/mol. The van der Waals surface area contributed by atoms with Crippen molar-refractivity contribution in [3.8, 4) is 5.82 Å². The molecule has 28 heavy (non-hydrogen) atoms. The topological polar surface area (TPSA) is 144 Å². The number of hydrogen-bond acceptors (Lipinski definition) is 6. The molecule has 0 fully saturated rings. The first-order valence-electron chi connectivity index (χ1n) is 7.86. The maximum Gasteiger partial charge on any atom is 0.356 e. The van der Waals surface area contributed by atoms with Gasteiger partial charge in [0.15, 0.2) is 11.5 Å². The number of carboxylic acids is 1. The van der Waals surface area contributed by atoms with Gasteiger partial charge in [-0.25, -0.2) is 14.6 Å². The molecular weight excluding hydrogens is 409 g/mol. The number of aromatic carboxylic acids is 1. The number of halogens is 2. The molecule has 2 heterocycles. The molecule has 4 N–H and O–H groups in total. The van der Waals surface area contributed by atoms with Crippen LogP contribution in [0.4, 0.5) is 0 Å². The summed E-state index contributed by atoms with van der Waals surface area (Å²) in [6, 6.07) is 10.3. The highest BCUT2D eigenvalue weighted by Gasteiger charge is 2.13. The molecule has 0 aliphatic rings. The van der Waals surface area contributed by atoms with E-state index in [0.717, 1.165) is 27.9 Å². The highest BCUT2D eigenvalue weighted by atomic mass is 35.5.